The summed E-state index contributed by atoms with van der Waals surface area (Å²) in [6.07, 6.45) is 1.36. The Morgan fingerprint density at radius 3 is 2.45 bits per heavy atom. The SMILES string of the molecule is CS(=O)(=O)C(C#N)=CO[C]=O. The van der Waals surface area contributed by atoms with Crippen LogP contribution < -0.4 is 0 Å². The highest BCUT2D eigenvalue weighted by atomic mass is 32.2. The number of rotatable bonds is 3. The first kappa shape index (κ1) is 9.65. The first-order chi connectivity index (χ1) is 5.02. The van der Waals surface area contributed by atoms with Gasteiger partial charge in [-0.25, -0.2) is 13.2 Å². The van der Waals surface area contributed by atoms with Crippen LogP contribution in [0.5, 0.6) is 0 Å². The molecule has 0 N–H and O–H groups in total. The molecule has 59 valence electrons. The highest BCUT2D eigenvalue weighted by Gasteiger charge is 2.10. The van der Waals surface area contributed by atoms with Crippen LogP contribution in [-0.4, -0.2) is 21.1 Å². The van der Waals surface area contributed by atoms with Crippen molar-refractivity contribution in [2.75, 3.05) is 6.26 Å². The monoisotopic (exact) mass is 174 g/mol. The number of carbonyl (C=O) groups excluding carboxylic acids is 1. The van der Waals surface area contributed by atoms with Crippen molar-refractivity contribution < 1.29 is 17.9 Å². The Balaban J connectivity index is 4.73. The average Bonchev–Trinajstić information content (AvgIpc) is 1.87. The molecule has 0 saturated carbocycles. The molecule has 0 bridgehead atoms. The van der Waals surface area contributed by atoms with Crippen molar-refractivity contribution in [2.24, 2.45) is 0 Å². The van der Waals surface area contributed by atoms with Crippen molar-refractivity contribution >= 4 is 16.3 Å². The summed E-state index contributed by atoms with van der Waals surface area (Å²) < 4.78 is 25.0. The predicted octanol–water partition coefficient (Wildman–Crippen LogP) is -0.520. The standard InChI is InChI=1S/C5H4NO4S/c1-11(8,9)5(2-6)3-10-4-7/h3H,1H3. The Labute approximate surface area is 63.8 Å². The molecule has 6 heteroatoms. The first-order valence-corrected chi connectivity index (χ1v) is 4.24. The van der Waals surface area contributed by atoms with E-state index in [0.29, 0.717) is 6.26 Å². The third kappa shape index (κ3) is 3.37. The summed E-state index contributed by atoms with van der Waals surface area (Å²) in [4.78, 5) is 8.85. The molecular weight excluding hydrogens is 170 g/mol. The molecule has 0 spiro atoms. The second-order valence-corrected chi connectivity index (χ2v) is 3.55. The minimum Gasteiger partial charge on any atom is -0.424 e. The van der Waals surface area contributed by atoms with Crippen LogP contribution in [0, 0.1) is 11.3 Å². The predicted molar refractivity (Wildman–Crippen MR) is 35.3 cm³/mol. The van der Waals surface area contributed by atoms with Gasteiger partial charge in [-0.15, -0.1) is 0 Å². The summed E-state index contributed by atoms with van der Waals surface area (Å²) in [5, 5.41) is 8.18. The lowest BCUT2D eigenvalue weighted by molar-refractivity contribution is 0.397. The van der Waals surface area contributed by atoms with E-state index in [-0.39, 0.29) is 0 Å². The van der Waals surface area contributed by atoms with Gasteiger partial charge in [-0.1, -0.05) is 0 Å². The summed E-state index contributed by atoms with van der Waals surface area (Å²) in [6, 6.07) is 1.35. The summed E-state index contributed by atoms with van der Waals surface area (Å²) >= 11 is 0. The molecule has 0 aromatic rings. The summed E-state index contributed by atoms with van der Waals surface area (Å²) in [6.45, 7) is 0.963. The Hall–Kier alpha value is -1.35. The fraction of sp³-hybridized carbons (Fsp3) is 0.200. The van der Waals surface area contributed by atoms with Crippen molar-refractivity contribution in [3.05, 3.63) is 11.2 Å². The number of nitrogens with zero attached hydrogens (tertiary/aromatic N) is 1. The van der Waals surface area contributed by atoms with Crippen molar-refractivity contribution in [3.63, 3.8) is 0 Å². The number of sulfone groups is 1. The third-order valence-corrected chi connectivity index (χ3v) is 1.71. The fourth-order valence-electron chi connectivity index (χ4n) is 0.274. The largest absolute Gasteiger partial charge is 0.424 e. The molecule has 0 aromatic heterocycles. The first-order valence-electron chi connectivity index (χ1n) is 2.35. The molecular formula is C5H4NO4S. The van der Waals surface area contributed by atoms with Gasteiger partial charge >= 0.3 is 6.47 Å². The molecule has 0 aromatic carbocycles. The molecule has 0 amide bonds. The maximum Gasteiger partial charge on any atom is 0.422 e. The van der Waals surface area contributed by atoms with E-state index >= 15 is 0 Å². The van der Waals surface area contributed by atoms with E-state index in [2.05, 4.69) is 4.74 Å². The maximum atomic E-state index is 10.6. The third-order valence-electron chi connectivity index (χ3n) is 0.724. The lowest BCUT2D eigenvalue weighted by Crippen LogP contribution is -1.99. The summed E-state index contributed by atoms with van der Waals surface area (Å²) in [5.74, 6) is 0. The van der Waals surface area contributed by atoms with Gasteiger partial charge < -0.3 is 4.74 Å². The number of nitriles is 1. The van der Waals surface area contributed by atoms with Crippen molar-refractivity contribution in [2.45, 2.75) is 0 Å². The minimum absolute atomic E-state index is 0.530. The number of ether oxygens (including phenoxy) is 1. The van der Waals surface area contributed by atoms with E-state index in [0.717, 1.165) is 12.7 Å². The van der Waals surface area contributed by atoms with E-state index < -0.39 is 14.7 Å². The summed E-state index contributed by atoms with van der Waals surface area (Å²) in [5.41, 5.74) is 0. The number of allylic oxidation sites excluding steroid dienone is 1. The average molecular weight is 174 g/mol. The Morgan fingerprint density at radius 2 is 2.18 bits per heavy atom. The van der Waals surface area contributed by atoms with Gasteiger partial charge in [0.15, 0.2) is 14.7 Å². The van der Waals surface area contributed by atoms with E-state index in [1.807, 2.05) is 0 Å². The number of hydrogen-bond acceptors (Lipinski definition) is 5. The van der Waals surface area contributed by atoms with Crippen molar-refractivity contribution in [1.29, 1.82) is 5.26 Å². The zero-order valence-electron chi connectivity index (χ0n) is 5.57. The van der Waals surface area contributed by atoms with Gasteiger partial charge in [0, 0.05) is 6.26 Å². The van der Waals surface area contributed by atoms with Crippen LogP contribution in [-0.2, 0) is 19.4 Å². The lowest BCUT2D eigenvalue weighted by atomic mass is 10.7. The van der Waals surface area contributed by atoms with Gasteiger partial charge in [-0.3, -0.25) is 0 Å². The molecule has 11 heavy (non-hydrogen) atoms. The molecule has 5 nitrogen and oxygen atoms in total. The van der Waals surface area contributed by atoms with Crippen LogP contribution >= 0.6 is 0 Å². The highest BCUT2D eigenvalue weighted by molar-refractivity contribution is 7.94. The fourth-order valence-corrected chi connectivity index (χ4v) is 0.663. The van der Waals surface area contributed by atoms with Crippen LogP contribution in [0.3, 0.4) is 0 Å². The van der Waals surface area contributed by atoms with Crippen LogP contribution in [0.2, 0.25) is 0 Å². The van der Waals surface area contributed by atoms with Gasteiger partial charge in [0.25, 0.3) is 0 Å². The number of hydrogen-bond donors (Lipinski definition) is 0. The Morgan fingerprint density at radius 1 is 1.64 bits per heavy atom. The molecule has 1 radical (unpaired) electrons. The molecule has 0 heterocycles. The second-order valence-electron chi connectivity index (χ2n) is 1.57. The van der Waals surface area contributed by atoms with Gasteiger partial charge in [0.2, 0.25) is 0 Å². The van der Waals surface area contributed by atoms with E-state index in [1.165, 1.54) is 6.07 Å². The zero-order chi connectivity index (χ0) is 8.91. The normalized spacial score (nSPS) is 11.8. The Bertz CT molecular complexity index is 308. The smallest absolute Gasteiger partial charge is 0.422 e. The quantitative estimate of drug-likeness (QED) is 0.424. The molecule has 0 aliphatic heterocycles. The lowest BCUT2D eigenvalue weighted by Gasteiger charge is -1.90. The topological polar surface area (TPSA) is 84.2 Å². The van der Waals surface area contributed by atoms with E-state index in [9.17, 15) is 13.2 Å². The van der Waals surface area contributed by atoms with Crippen molar-refractivity contribution in [1.82, 2.24) is 0 Å². The molecule has 0 aliphatic rings. The Kier molecular flexibility index (Phi) is 3.27. The zero-order valence-corrected chi connectivity index (χ0v) is 6.38. The molecule has 0 fully saturated rings. The molecule has 0 saturated heterocycles. The van der Waals surface area contributed by atoms with Crippen LogP contribution in [0.4, 0.5) is 0 Å². The van der Waals surface area contributed by atoms with Gasteiger partial charge in [0.05, 0.1) is 0 Å². The highest BCUT2D eigenvalue weighted by Crippen LogP contribution is 2.01. The van der Waals surface area contributed by atoms with Gasteiger partial charge in [-0.2, -0.15) is 5.26 Å². The van der Waals surface area contributed by atoms with Gasteiger partial charge in [-0.05, 0) is 0 Å². The maximum absolute atomic E-state index is 10.6. The molecule has 0 atom stereocenters. The molecule has 0 rings (SSSR count). The van der Waals surface area contributed by atoms with Crippen LogP contribution in [0.25, 0.3) is 0 Å². The minimum atomic E-state index is -3.59. The van der Waals surface area contributed by atoms with Crippen LogP contribution in [0.15, 0.2) is 11.2 Å². The molecule has 0 aliphatic carbocycles. The molecule has 0 unspecified atom stereocenters. The van der Waals surface area contributed by atoms with Gasteiger partial charge in [0.1, 0.15) is 12.3 Å². The van der Waals surface area contributed by atoms with E-state index in [1.54, 1.807) is 0 Å². The van der Waals surface area contributed by atoms with Crippen molar-refractivity contribution in [3.8, 4) is 6.07 Å². The second kappa shape index (κ2) is 3.73. The summed E-state index contributed by atoms with van der Waals surface area (Å²) in [7, 11) is -3.59. The van der Waals surface area contributed by atoms with E-state index in [4.69, 9.17) is 5.26 Å². The van der Waals surface area contributed by atoms with Crippen LogP contribution in [0.1, 0.15) is 0 Å².